The lowest BCUT2D eigenvalue weighted by atomic mass is 9.96. The van der Waals surface area contributed by atoms with E-state index in [1.807, 2.05) is 12.1 Å². The van der Waals surface area contributed by atoms with E-state index in [4.69, 9.17) is 10.5 Å². The van der Waals surface area contributed by atoms with Crippen molar-refractivity contribution in [1.29, 1.82) is 0 Å². The van der Waals surface area contributed by atoms with Gasteiger partial charge < -0.3 is 10.5 Å². The zero-order valence-corrected chi connectivity index (χ0v) is 13.4. The van der Waals surface area contributed by atoms with Crippen LogP contribution in [-0.2, 0) is 9.53 Å². The van der Waals surface area contributed by atoms with Gasteiger partial charge in [-0.2, -0.15) is 0 Å². The fourth-order valence-electron chi connectivity index (χ4n) is 2.61. The minimum atomic E-state index is -0.343. The van der Waals surface area contributed by atoms with Crippen LogP contribution in [0.1, 0.15) is 36.1 Å². The molecule has 2 N–H and O–H groups in total. The van der Waals surface area contributed by atoms with Gasteiger partial charge in [0.1, 0.15) is 0 Å². The van der Waals surface area contributed by atoms with Crippen LogP contribution in [0.3, 0.4) is 0 Å². The van der Waals surface area contributed by atoms with E-state index in [1.54, 1.807) is 6.92 Å². The molecule has 0 bridgehead atoms. The highest BCUT2D eigenvalue weighted by Gasteiger charge is 2.13. The number of aryl methyl sites for hydroxylation is 2. The predicted molar refractivity (Wildman–Crippen MR) is 89.5 cm³/mol. The molecule has 1 atom stereocenters. The SMILES string of the molecule is CCOC(=O)CC(N)c1cccc(-c2cc(C)cc(C)c2)c1. The largest absolute Gasteiger partial charge is 0.466 e. The quantitative estimate of drug-likeness (QED) is 0.851. The molecule has 0 aromatic heterocycles. The number of hydrogen-bond acceptors (Lipinski definition) is 3. The van der Waals surface area contributed by atoms with Crippen LogP contribution in [0.4, 0.5) is 0 Å². The van der Waals surface area contributed by atoms with E-state index in [-0.39, 0.29) is 18.4 Å². The summed E-state index contributed by atoms with van der Waals surface area (Å²) in [6.45, 7) is 6.36. The standard InChI is InChI=1S/C19H23NO2/c1-4-22-19(21)12-18(20)16-7-5-6-15(11-16)17-9-13(2)8-14(3)10-17/h5-11,18H,4,12,20H2,1-3H3. The third-order valence-corrected chi connectivity index (χ3v) is 3.56. The number of carbonyl (C=O) groups excluding carboxylic acids is 1. The summed E-state index contributed by atoms with van der Waals surface area (Å²) in [4.78, 5) is 11.6. The summed E-state index contributed by atoms with van der Waals surface area (Å²) < 4.78 is 4.96. The summed E-state index contributed by atoms with van der Waals surface area (Å²) in [5.41, 5.74) is 11.8. The van der Waals surface area contributed by atoms with Crippen molar-refractivity contribution in [3.8, 4) is 11.1 Å². The second kappa shape index (κ2) is 7.23. The normalized spacial score (nSPS) is 12.0. The molecule has 3 nitrogen and oxygen atoms in total. The summed E-state index contributed by atoms with van der Waals surface area (Å²) in [6, 6.07) is 14.2. The molecular weight excluding hydrogens is 274 g/mol. The van der Waals surface area contributed by atoms with Crippen molar-refractivity contribution in [2.45, 2.75) is 33.2 Å². The molecule has 2 rings (SSSR count). The average Bonchev–Trinajstić information content (AvgIpc) is 2.46. The van der Waals surface area contributed by atoms with E-state index in [1.165, 1.54) is 16.7 Å². The first kappa shape index (κ1) is 16.2. The molecule has 2 aromatic rings. The minimum absolute atomic E-state index is 0.199. The van der Waals surface area contributed by atoms with Crippen LogP contribution >= 0.6 is 0 Å². The third-order valence-electron chi connectivity index (χ3n) is 3.56. The van der Waals surface area contributed by atoms with Crippen molar-refractivity contribution in [1.82, 2.24) is 0 Å². The molecule has 0 saturated carbocycles. The van der Waals surface area contributed by atoms with Gasteiger partial charge in [-0.15, -0.1) is 0 Å². The van der Waals surface area contributed by atoms with Crippen LogP contribution in [0.15, 0.2) is 42.5 Å². The molecule has 0 heterocycles. The maximum absolute atomic E-state index is 11.6. The zero-order valence-electron chi connectivity index (χ0n) is 13.4. The molecule has 0 radical (unpaired) electrons. The lowest BCUT2D eigenvalue weighted by molar-refractivity contribution is -0.143. The van der Waals surface area contributed by atoms with Gasteiger partial charge in [0.15, 0.2) is 0 Å². The molecule has 22 heavy (non-hydrogen) atoms. The first-order chi connectivity index (χ1) is 10.5. The molecule has 0 aliphatic heterocycles. The monoisotopic (exact) mass is 297 g/mol. The van der Waals surface area contributed by atoms with Crippen LogP contribution in [0.25, 0.3) is 11.1 Å². The highest BCUT2D eigenvalue weighted by Crippen LogP contribution is 2.25. The van der Waals surface area contributed by atoms with E-state index in [2.05, 4.69) is 44.2 Å². The highest BCUT2D eigenvalue weighted by molar-refractivity contribution is 5.71. The van der Waals surface area contributed by atoms with E-state index >= 15 is 0 Å². The lowest BCUT2D eigenvalue weighted by Gasteiger charge is -2.13. The topological polar surface area (TPSA) is 52.3 Å². The van der Waals surface area contributed by atoms with E-state index in [0.717, 1.165) is 11.1 Å². The number of carbonyl (C=O) groups is 1. The van der Waals surface area contributed by atoms with Gasteiger partial charge in [0, 0.05) is 6.04 Å². The van der Waals surface area contributed by atoms with Gasteiger partial charge in [0.05, 0.1) is 13.0 Å². The maximum atomic E-state index is 11.6. The van der Waals surface area contributed by atoms with Gasteiger partial charge >= 0.3 is 5.97 Å². The molecule has 2 aromatic carbocycles. The van der Waals surface area contributed by atoms with E-state index in [9.17, 15) is 4.79 Å². The molecule has 116 valence electrons. The fraction of sp³-hybridized carbons (Fsp3) is 0.316. The number of benzene rings is 2. The molecule has 0 fully saturated rings. The molecule has 3 heteroatoms. The third kappa shape index (κ3) is 4.18. The molecule has 0 amide bonds. The molecule has 0 saturated heterocycles. The fourth-order valence-corrected chi connectivity index (χ4v) is 2.61. The Hall–Kier alpha value is -2.13. The molecular formula is C19H23NO2. The second-order valence-corrected chi connectivity index (χ2v) is 5.62. The smallest absolute Gasteiger partial charge is 0.307 e. The van der Waals surface area contributed by atoms with Gasteiger partial charge in [0.25, 0.3) is 0 Å². The van der Waals surface area contributed by atoms with Crippen molar-refractivity contribution in [3.63, 3.8) is 0 Å². The first-order valence-corrected chi connectivity index (χ1v) is 7.59. The van der Waals surface area contributed by atoms with Gasteiger partial charge in [-0.05, 0) is 43.5 Å². The number of nitrogens with two attached hydrogens (primary N) is 1. The Bertz CT molecular complexity index is 644. The van der Waals surface area contributed by atoms with Gasteiger partial charge in [-0.25, -0.2) is 0 Å². The van der Waals surface area contributed by atoms with Crippen LogP contribution in [0, 0.1) is 13.8 Å². The Kier molecular flexibility index (Phi) is 5.34. The Morgan fingerprint density at radius 1 is 1.09 bits per heavy atom. The van der Waals surface area contributed by atoms with Crippen molar-refractivity contribution in [3.05, 3.63) is 59.2 Å². The average molecular weight is 297 g/mol. The van der Waals surface area contributed by atoms with E-state index in [0.29, 0.717) is 6.61 Å². The first-order valence-electron chi connectivity index (χ1n) is 7.59. The second-order valence-electron chi connectivity index (χ2n) is 5.62. The van der Waals surface area contributed by atoms with Crippen LogP contribution in [0.2, 0.25) is 0 Å². The van der Waals surface area contributed by atoms with Crippen molar-refractivity contribution >= 4 is 5.97 Å². The van der Waals surface area contributed by atoms with Crippen molar-refractivity contribution in [2.75, 3.05) is 6.61 Å². The summed E-state index contributed by atoms with van der Waals surface area (Å²) in [5, 5.41) is 0. The Morgan fingerprint density at radius 2 is 1.77 bits per heavy atom. The lowest BCUT2D eigenvalue weighted by Crippen LogP contribution is -2.17. The van der Waals surface area contributed by atoms with Gasteiger partial charge in [-0.1, -0.05) is 47.5 Å². The zero-order chi connectivity index (χ0) is 16.1. The molecule has 0 aliphatic carbocycles. The van der Waals surface area contributed by atoms with Crippen LogP contribution in [0.5, 0.6) is 0 Å². The van der Waals surface area contributed by atoms with Crippen molar-refractivity contribution in [2.24, 2.45) is 5.73 Å². The summed E-state index contributed by atoms with van der Waals surface area (Å²) in [6.07, 6.45) is 0.199. The number of esters is 1. The Balaban J connectivity index is 2.24. The summed E-state index contributed by atoms with van der Waals surface area (Å²) in [5.74, 6) is -0.258. The Labute approximate surface area is 132 Å². The number of rotatable bonds is 5. The van der Waals surface area contributed by atoms with Gasteiger partial charge in [0.2, 0.25) is 0 Å². The number of ether oxygens (including phenoxy) is 1. The van der Waals surface area contributed by atoms with Crippen molar-refractivity contribution < 1.29 is 9.53 Å². The van der Waals surface area contributed by atoms with E-state index < -0.39 is 0 Å². The highest BCUT2D eigenvalue weighted by atomic mass is 16.5. The predicted octanol–water partition coefficient (Wildman–Crippen LogP) is 3.92. The maximum Gasteiger partial charge on any atom is 0.307 e. The summed E-state index contributed by atoms with van der Waals surface area (Å²) >= 11 is 0. The van der Waals surface area contributed by atoms with Gasteiger partial charge in [-0.3, -0.25) is 4.79 Å². The van der Waals surface area contributed by atoms with Crippen LogP contribution in [-0.4, -0.2) is 12.6 Å². The minimum Gasteiger partial charge on any atom is -0.466 e. The molecule has 0 spiro atoms. The molecule has 0 aliphatic rings. The van der Waals surface area contributed by atoms with Crippen LogP contribution < -0.4 is 5.73 Å². The Morgan fingerprint density at radius 3 is 2.41 bits per heavy atom. The summed E-state index contributed by atoms with van der Waals surface area (Å²) in [7, 11) is 0. The number of hydrogen-bond donors (Lipinski definition) is 1. The molecule has 1 unspecified atom stereocenters.